The van der Waals surface area contributed by atoms with Gasteiger partial charge in [-0.15, -0.1) is 22.9 Å². The van der Waals surface area contributed by atoms with E-state index in [0.29, 0.717) is 12.4 Å². The molecule has 0 saturated heterocycles. The molecule has 0 aliphatic rings. The lowest BCUT2D eigenvalue weighted by molar-refractivity contribution is 0.701. The SMILES string of the molecule is NCCNCc1cnc(CCl)s1. The zero-order valence-corrected chi connectivity index (χ0v) is 8.29. The van der Waals surface area contributed by atoms with Crippen molar-refractivity contribution >= 4 is 22.9 Å². The van der Waals surface area contributed by atoms with Crippen LogP contribution < -0.4 is 11.1 Å². The third-order valence-electron chi connectivity index (χ3n) is 1.34. The van der Waals surface area contributed by atoms with Crippen LogP contribution in [0.25, 0.3) is 0 Å². The molecule has 0 spiro atoms. The number of rotatable bonds is 5. The van der Waals surface area contributed by atoms with Gasteiger partial charge in [0.2, 0.25) is 0 Å². The van der Waals surface area contributed by atoms with Crippen molar-refractivity contribution in [2.45, 2.75) is 12.4 Å². The first kappa shape index (κ1) is 9.92. The van der Waals surface area contributed by atoms with Gasteiger partial charge in [-0.25, -0.2) is 4.98 Å². The standard InChI is InChI=1S/C7H12ClN3S/c8-3-7-11-5-6(12-7)4-10-2-1-9/h5,10H,1-4,9H2. The van der Waals surface area contributed by atoms with Crippen molar-refractivity contribution in [2.24, 2.45) is 5.73 Å². The topological polar surface area (TPSA) is 50.9 Å². The highest BCUT2D eigenvalue weighted by Crippen LogP contribution is 2.13. The Morgan fingerprint density at radius 1 is 1.67 bits per heavy atom. The van der Waals surface area contributed by atoms with E-state index in [1.807, 2.05) is 6.20 Å². The molecule has 0 aliphatic carbocycles. The molecule has 0 saturated carbocycles. The smallest absolute Gasteiger partial charge is 0.108 e. The Bertz CT molecular complexity index is 226. The molecule has 0 aliphatic heterocycles. The Hall–Kier alpha value is -0.160. The Labute approximate surface area is 80.9 Å². The fourth-order valence-corrected chi connectivity index (χ4v) is 1.78. The monoisotopic (exact) mass is 205 g/mol. The molecular weight excluding hydrogens is 194 g/mol. The van der Waals surface area contributed by atoms with Gasteiger partial charge < -0.3 is 11.1 Å². The molecule has 1 rings (SSSR count). The summed E-state index contributed by atoms with van der Waals surface area (Å²) >= 11 is 7.25. The van der Waals surface area contributed by atoms with E-state index in [1.54, 1.807) is 11.3 Å². The minimum atomic E-state index is 0.502. The van der Waals surface area contributed by atoms with Crippen molar-refractivity contribution in [2.75, 3.05) is 13.1 Å². The van der Waals surface area contributed by atoms with Crippen LogP contribution in [0.3, 0.4) is 0 Å². The number of nitrogens with one attached hydrogen (secondary N) is 1. The summed E-state index contributed by atoms with van der Waals surface area (Å²) in [5, 5.41) is 4.16. The van der Waals surface area contributed by atoms with Crippen LogP contribution in [-0.2, 0) is 12.4 Å². The van der Waals surface area contributed by atoms with Gasteiger partial charge in [0.05, 0.1) is 5.88 Å². The molecule has 0 unspecified atom stereocenters. The average molecular weight is 206 g/mol. The third kappa shape index (κ3) is 3.06. The fourth-order valence-electron chi connectivity index (χ4n) is 0.805. The summed E-state index contributed by atoms with van der Waals surface area (Å²) in [4.78, 5) is 5.34. The number of hydrogen-bond donors (Lipinski definition) is 2. The maximum Gasteiger partial charge on any atom is 0.108 e. The predicted molar refractivity (Wildman–Crippen MR) is 52.4 cm³/mol. The first-order chi connectivity index (χ1) is 5.86. The zero-order valence-electron chi connectivity index (χ0n) is 6.72. The maximum atomic E-state index is 5.61. The molecule has 0 bridgehead atoms. The number of hydrogen-bond acceptors (Lipinski definition) is 4. The Morgan fingerprint density at radius 3 is 3.08 bits per heavy atom. The van der Waals surface area contributed by atoms with Crippen LogP contribution in [0.4, 0.5) is 0 Å². The number of alkyl halides is 1. The Morgan fingerprint density at radius 2 is 2.50 bits per heavy atom. The predicted octanol–water partition coefficient (Wildman–Crippen LogP) is 0.930. The summed E-state index contributed by atoms with van der Waals surface area (Å²) < 4.78 is 0. The molecule has 3 N–H and O–H groups in total. The number of nitrogens with zero attached hydrogens (tertiary/aromatic N) is 1. The van der Waals surface area contributed by atoms with Crippen LogP contribution in [0.15, 0.2) is 6.20 Å². The fraction of sp³-hybridized carbons (Fsp3) is 0.571. The van der Waals surface area contributed by atoms with Crippen LogP contribution in [0.5, 0.6) is 0 Å². The van der Waals surface area contributed by atoms with Gasteiger partial charge in [0, 0.05) is 30.7 Å². The molecule has 0 aromatic carbocycles. The molecule has 5 heteroatoms. The summed E-state index contributed by atoms with van der Waals surface area (Å²) in [6, 6.07) is 0. The lowest BCUT2D eigenvalue weighted by atomic mass is 10.5. The molecule has 0 fully saturated rings. The van der Waals surface area contributed by atoms with E-state index in [0.717, 1.165) is 18.1 Å². The third-order valence-corrected chi connectivity index (χ3v) is 2.75. The van der Waals surface area contributed by atoms with Crippen LogP contribution in [0.2, 0.25) is 0 Å². The highest BCUT2D eigenvalue weighted by Gasteiger charge is 1.98. The van der Waals surface area contributed by atoms with Gasteiger partial charge >= 0.3 is 0 Å². The van der Waals surface area contributed by atoms with Crippen LogP contribution in [0.1, 0.15) is 9.88 Å². The molecule has 1 heterocycles. The van der Waals surface area contributed by atoms with Crippen molar-refractivity contribution in [3.8, 4) is 0 Å². The van der Waals surface area contributed by atoms with Gasteiger partial charge in [0.25, 0.3) is 0 Å². The highest BCUT2D eigenvalue weighted by atomic mass is 35.5. The second kappa shape index (κ2) is 5.48. The normalized spacial score (nSPS) is 10.5. The molecule has 12 heavy (non-hydrogen) atoms. The second-order valence-corrected chi connectivity index (χ2v) is 3.79. The van der Waals surface area contributed by atoms with Crippen molar-refractivity contribution in [1.82, 2.24) is 10.3 Å². The highest BCUT2D eigenvalue weighted by molar-refractivity contribution is 7.11. The molecule has 0 radical (unpaired) electrons. The molecule has 3 nitrogen and oxygen atoms in total. The number of nitrogens with two attached hydrogens (primary N) is 1. The van der Waals surface area contributed by atoms with E-state index in [2.05, 4.69) is 10.3 Å². The molecule has 1 aromatic rings. The van der Waals surface area contributed by atoms with E-state index >= 15 is 0 Å². The Balaban J connectivity index is 2.31. The summed E-state index contributed by atoms with van der Waals surface area (Å²) in [6.07, 6.45) is 1.85. The zero-order chi connectivity index (χ0) is 8.81. The van der Waals surface area contributed by atoms with E-state index in [4.69, 9.17) is 17.3 Å². The minimum absolute atomic E-state index is 0.502. The first-order valence-corrected chi connectivity index (χ1v) is 5.12. The quantitative estimate of drug-likeness (QED) is 0.556. The minimum Gasteiger partial charge on any atom is -0.329 e. The summed E-state index contributed by atoms with van der Waals surface area (Å²) in [7, 11) is 0. The summed E-state index contributed by atoms with van der Waals surface area (Å²) in [5.74, 6) is 0.502. The average Bonchev–Trinajstić information content (AvgIpc) is 2.53. The summed E-state index contributed by atoms with van der Waals surface area (Å²) in [5.41, 5.74) is 5.33. The number of aromatic nitrogens is 1. The first-order valence-electron chi connectivity index (χ1n) is 3.77. The summed E-state index contributed by atoms with van der Waals surface area (Å²) in [6.45, 7) is 2.35. The van der Waals surface area contributed by atoms with E-state index in [1.165, 1.54) is 4.88 Å². The van der Waals surface area contributed by atoms with Gasteiger partial charge in [-0.2, -0.15) is 0 Å². The van der Waals surface area contributed by atoms with E-state index in [9.17, 15) is 0 Å². The van der Waals surface area contributed by atoms with Crippen molar-refractivity contribution in [3.63, 3.8) is 0 Å². The van der Waals surface area contributed by atoms with Gasteiger partial charge in [-0.3, -0.25) is 0 Å². The lowest BCUT2D eigenvalue weighted by Crippen LogP contribution is -2.21. The number of halogens is 1. The number of thiazole rings is 1. The van der Waals surface area contributed by atoms with Crippen molar-refractivity contribution < 1.29 is 0 Å². The molecule has 0 atom stereocenters. The van der Waals surface area contributed by atoms with Crippen molar-refractivity contribution in [3.05, 3.63) is 16.1 Å². The van der Waals surface area contributed by atoms with E-state index < -0.39 is 0 Å². The molecular formula is C7H12ClN3S. The van der Waals surface area contributed by atoms with Crippen LogP contribution >= 0.6 is 22.9 Å². The van der Waals surface area contributed by atoms with Gasteiger partial charge in [-0.1, -0.05) is 0 Å². The van der Waals surface area contributed by atoms with Gasteiger partial charge in [0.15, 0.2) is 0 Å². The Kier molecular flexibility index (Phi) is 4.53. The van der Waals surface area contributed by atoms with Gasteiger partial charge in [-0.05, 0) is 0 Å². The van der Waals surface area contributed by atoms with E-state index in [-0.39, 0.29) is 0 Å². The van der Waals surface area contributed by atoms with Crippen LogP contribution in [-0.4, -0.2) is 18.1 Å². The van der Waals surface area contributed by atoms with Gasteiger partial charge in [0.1, 0.15) is 5.01 Å². The molecule has 0 amide bonds. The van der Waals surface area contributed by atoms with Crippen molar-refractivity contribution in [1.29, 1.82) is 0 Å². The lowest BCUT2D eigenvalue weighted by Gasteiger charge is -1.97. The molecule has 1 aromatic heterocycles. The van der Waals surface area contributed by atoms with Crippen LogP contribution in [0, 0.1) is 0 Å². The molecule has 68 valence electrons. The largest absolute Gasteiger partial charge is 0.329 e. The second-order valence-electron chi connectivity index (χ2n) is 2.32. The maximum absolute atomic E-state index is 5.61.